The van der Waals surface area contributed by atoms with Gasteiger partial charge in [-0.2, -0.15) is 0 Å². The summed E-state index contributed by atoms with van der Waals surface area (Å²) in [6, 6.07) is 3.78. The van der Waals surface area contributed by atoms with Gasteiger partial charge in [-0.3, -0.25) is 4.79 Å². The van der Waals surface area contributed by atoms with Gasteiger partial charge in [0.2, 0.25) is 0 Å². The third-order valence-electron chi connectivity index (χ3n) is 1.91. The van der Waals surface area contributed by atoms with Gasteiger partial charge in [-0.15, -0.1) is 0 Å². The first-order valence-electron chi connectivity index (χ1n) is 3.79. The van der Waals surface area contributed by atoms with Crippen molar-refractivity contribution in [2.24, 2.45) is 0 Å². The van der Waals surface area contributed by atoms with Crippen LogP contribution in [0.3, 0.4) is 0 Å². The maximum absolute atomic E-state index is 12.9. The molecular formula is C9H5BrFNO2. The van der Waals surface area contributed by atoms with Gasteiger partial charge in [-0.25, -0.2) is 4.39 Å². The Hall–Kier alpha value is -1.36. The lowest BCUT2D eigenvalue weighted by molar-refractivity contribution is 0.473. The molecule has 0 saturated heterocycles. The van der Waals surface area contributed by atoms with Crippen LogP contribution in [-0.2, 0) is 0 Å². The highest BCUT2D eigenvalue weighted by atomic mass is 79.9. The van der Waals surface area contributed by atoms with Crippen LogP contribution >= 0.6 is 15.9 Å². The van der Waals surface area contributed by atoms with E-state index in [0.717, 1.165) is 0 Å². The first-order chi connectivity index (χ1) is 6.59. The third kappa shape index (κ3) is 1.29. The molecule has 1 aromatic heterocycles. The smallest absolute Gasteiger partial charge is 0.291 e. The molecule has 3 nitrogen and oxygen atoms in total. The number of benzene rings is 1. The predicted molar refractivity (Wildman–Crippen MR) is 53.9 cm³/mol. The molecule has 0 radical (unpaired) electrons. The van der Waals surface area contributed by atoms with Crippen LogP contribution in [0.5, 0.6) is 5.75 Å². The van der Waals surface area contributed by atoms with Crippen LogP contribution in [0.15, 0.2) is 27.6 Å². The van der Waals surface area contributed by atoms with Crippen LogP contribution in [0.2, 0.25) is 0 Å². The van der Waals surface area contributed by atoms with Crippen molar-refractivity contribution in [3.8, 4) is 5.75 Å². The number of nitrogens with one attached hydrogen (secondary N) is 1. The van der Waals surface area contributed by atoms with Gasteiger partial charge in [0.05, 0.1) is 4.60 Å². The third-order valence-corrected chi connectivity index (χ3v) is 2.54. The number of hydrogen-bond donors (Lipinski definition) is 2. The molecule has 0 aliphatic carbocycles. The fourth-order valence-corrected chi connectivity index (χ4v) is 1.76. The second-order valence-electron chi connectivity index (χ2n) is 2.81. The van der Waals surface area contributed by atoms with Gasteiger partial charge in [-0.05, 0) is 34.1 Å². The van der Waals surface area contributed by atoms with Crippen molar-refractivity contribution < 1.29 is 9.50 Å². The molecule has 0 amide bonds. The molecule has 14 heavy (non-hydrogen) atoms. The first kappa shape index (κ1) is 9.21. The van der Waals surface area contributed by atoms with Crippen molar-refractivity contribution in [1.82, 2.24) is 4.98 Å². The van der Waals surface area contributed by atoms with E-state index >= 15 is 0 Å². The molecule has 2 aromatic rings. The molecule has 1 heterocycles. The van der Waals surface area contributed by atoms with Crippen molar-refractivity contribution in [2.45, 2.75) is 0 Å². The van der Waals surface area contributed by atoms with Gasteiger partial charge < -0.3 is 10.1 Å². The molecule has 0 saturated carbocycles. The molecule has 0 aliphatic rings. The number of rotatable bonds is 0. The lowest BCUT2D eigenvalue weighted by atomic mass is 10.1. The van der Waals surface area contributed by atoms with E-state index in [-0.39, 0.29) is 0 Å². The number of aromatic amines is 1. The van der Waals surface area contributed by atoms with Gasteiger partial charge in [0, 0.05) is 10.8 Å². The van der Waals surface area contributed by atoms with E-state index < -0.39 is 17.1 Å². The van der Waals surface area contributed by atoms with Gasteiger partial charge >= 0.3 is 0 Å². The number of aromatic nitrogens is 1. The van der Waals surface area contributed by atoms with E-state index in [9.17, 15) is 14.3 Å². The lowest BCUT2D eigenvalue weighted by Crippen LogP contribution is -2.05. The van der Waals surface area contributed by atoms with E-state index in [1.165, 1.54) is 18.2 Å². The summed E-state index contributed by atoms with van der Waals surface area (Å²) < 4.78 is 13.2. The Morgan fingerprint density at radius 1 is 1.36 bits per heavy atom. The van der Waals surface area contributed by atoms with Crippen LogP contribution in [0.1, 0.15) is 0 Å². The molecule has 5 heteroatoms. The summed E-state index contributed by atoms with van der Waals surface area (Å²) in [7, 11) is 0. The summed E-state index contributed by atoms with van der Waals surface area (Å²) in [6.45, 7) is 0. The molecule has 0 unspecified atom stereocenters. The van der Waals surface area contributed by atoms with E-state index in [2.05, 4.69) is 20.9 Å². The molecule has 0 spiro atoms. The van der Waals surface area contributed by atoms with Gasteiger partial charge in [0.15, 0.2) is 5.75 Å². The molecular weight excluding hydrogens is 253 g/mol. The number of hydrogen-bond acceptors (Lipinski definition) is 2. The Bertz CT molecular complexity index is 564. The Kier molecular flexibility index (Phi) is 2.03. The van der Waals surface area contributed by atoms with Crippen LogP contribution in [0, 0.1) is 5.82 Å². The second kappa shape index (κ2) is 3.09. The van der Waals surface area contributed by atoms with Crippen molar-refractivity contribution in [2.75, 3.05) is 0 Å². The molecule has 72 valence electrons. The molecule has 0 bridgehead atoms. The molecule has 1 aromatic carbocycles. The van der Waals surface area contributed by atoms with Gasteiger partial charge in [-0.1, -0.05) is 0 Å². The van der Waals surface area contributed by atoms with Crippen molar-refractivity contribution in [3.05, 3.63) is 39.0 Å². The average Bonchev–Trinajstić information content (AvgIpc) is 2.14. The number of halogens is 2. The number of pyridine rings is 1. The Balaban J connectivity index is 3.02. The molecule has 2 N–H and O–H groups in total. The molecule has 2 rings (SSSR count). The second-order valence-corrected chi connectivity index (χ2v) is 3.60. The number of aromatic hydroxyl groups is 1. The zero-order valence-corrected chi connectivity index (χ0v) is 8.43. The maximum atomic E-state index is 12.9. The fourth-order valence-electron chi connectivity index (χ4n) is 1.25. The SMILES string of the molecule is O=c1[nH]c(Br)c2cc(F)ccc2c1O. The monoisotopic (exact) mass is 257 g/mol. The highest BCUT2D eigenvalue weighted by molar-refractivity contribution is 9.10. The normalized spacial score (nSPS) is 10.7. The highest BCUT2D eigenvalue weighted by Gasteiger charge is 2.08. The maximum Gasteiger partial charge on any atom is 0.291 e. The standard InChI is InChI=1S/C9H5BrFNO2/c10-8-6-3-4(11)1-2-5(6)7(13)9(14)12-8/h1-3,13H,(H,12,14). The molecule has 0 atom stereocenters. The summed E-state index contributed by atoms with van der Waals surface area (Å²) >= 11 is 3.08. The summed E-state index contributed by atoms with van der Waals surface area (Å²) in [5, 5.41) is 10.1. The fraction of sp³-hybridized carbons (Fsp3) is 0. The lowest BCUT2D eigenvalue weighted by Gasteiger charge is -2.02. The number of H-pyrrole nitrogens is 1. The topological polar surface area (TPSA) is 53.1 Å². The zero-order chi connectivity index (χ0) is 10.3. The Morgan fingerprint density at radius 3 is 2.79 bits per heavy atom. The van der Waals surface area contributed by atoms with Crippen molar-refractivity contribution in [1.29, 1.82) is 0 Å². The summed E-state index contributed by atoms with van der Waals surface area (Å²) in [5.74, 6) is -0.826. The Labute approximate surface area is 86.3 Å². The number of fused-ring (bicyclic) bond motifs is 1. The van der Waals surface area contributed by atoms with Crippen LogP contribution in [0.25, 0.3) is 10.8 Å². The minimum absolute atomic E-state index is 0.321. The Morgan fingerprint density at radius 2 is 2.07 bits per heavy atom. The van der Waals surface area contributed by atoms with Gasteiger partial charge in [0.25, 0.3) is 5.56 Å². The minimum atomic E-state index is -0.601. The summed E-state index contributed by atoms with van der Waals surface area (Å²) in [5.41, 5.74) is -0.601. The van der Waals surface area contributed by atoms with Crippen LogP contribution in [0.4, 0.5) is 4.39 Å². The first-order valence-corrected chi connectivity index (χ1v) is 4.59. The predicted octanol–water partition coefficient (Wildman–Crippen LogP) is 2.14. The van der Waals surface area contributed by atoms with E-state index in [1.807, 2.05) is 0 Å². The van der Waals surface area contributed by atoms with Crippen molar-refractivity contribution in [3.63, 3.8) is 0 Å². The van der Waals surface area contributed by atoms with Crippen LogP contribution < -0.4 is 5.56 Å². The van der Waals surface area contributed by atoms with E-state index in [4.69, 9.17) is 0 Å². The average molecular weight is 258 g/mol. The zero-order valence-electron chi connectivity index (χ0n) is 6.84. The van der Waals surface area contributed by atoms with E-state index in [1.54, 1.807) is 0 Å². The minimum Gasteiger partial charge on any atom is -0.503 e. The quantitative estimate of drug-likeness (QED) is 0.711. The summed E-state index contributed by atoms with van der Waals surface area (Å²) in [6.07, 6.45) is 0. The van der Waals surface area contributed by atoms with Gasteiger partial charge in [0.1, 0.15) is 5.82 Å². The molecule has 0 aliphatic heterocycles. The summed E-state index contributed by atoms with van der Waals surface area (Å²) in [4.78, 5) is 13.5. The van der Waals surface area contributed by atoms with Crippen molar-refractivity contribution >= 4 is 26.7 Å². The largest absolute Gasteiger partial charge is 0.503 e. The van der Waals surface area contributed by atoms with E-state index in [0.29, 0.717) is 15.4 Å². The van der Waals surface area contributed by atoms with Crippen LogP contribution in [-0.4, -0.2) is 10.1 Å². The highest BCUT2D eigenvalue weighted by Crippen LogP contribution is 2.26. The molecule has 0 fully saturated rings.